The first-order valence-corrected chi connectivity index (χ1v) is 6.47. The van der Waals surface area contributed by atoms with Crippen molar-refractivity contribution < 1.29 is 0 Å². The maximum Gasteiger partial charge on any atom is 0.00967 e. The summed E-state index contributed by atoms with van der Waals surface area (Å²) in [7, 11) is 0. The Kier molecular flexibility index (Phi) is 3.09. The van der Waals surface area contributed by atoms with E-state index in [-0.39, 0.29) is 5.54 Å². The van der Waals surface area contributed by atoms with Crippen molar-refractivity contribution in [3.63, 3.8) is 0 Å². The fraction of sp³-hybridized carbons (Fsp3) is 1.00. The van der Waals surface area contributed by atoms with Crippen LogP contribution in [0.3, 0.4) is 0 Å². The minimum Gasteiger partial charge on any atom is -0.311 e. The predicted molar refractivity (Wildman–Crippen MR) is 65.1 cm³/mol. The lowest BCUT2D eigenvalue weighted by atomic mass is 10.0. The predicted octanol–water partition coefficient (Wildman–Crippen LogP) is 2.25. The van der Waals surface area contributed by atoms with Crippen LogP contribution in [0, 0.1) is 5.41 Å². The zero-order chi connectivity index (χ0) is 10.9. The third-order valence-corrected chi connectivity index (χ3v) is 3.71. The molecule has 1 N–H and O–H groups in total. The van der Waals surface area contributed by atoms with E-state index in [2.05, 4.69) is 31.0 Å². The van der Waals surface area contributed by atoms with Gasteiger partial charge < -0.3 is 10.2 Å². The Labute approximate surface area is 94.4 Å². The Hall–Kier alpha value is -0.0800. The second-order valence-corrected chi connectivity index (χ2v) is 6.59. The quantitative estimate of drug-likeness (QED) is 0.765. The van der Waals surface area contributed by atoms with E-state index >= 15 is 0 Å². The molecule has 1 heterocycles. The molecule has 1 saturated heterocycles. The van der Waals surface area contributed by atoms with Crippen molar-refractivity contribution in [3.8, 4) is 0 Å². The van der Waals surface area contributed by atoms with E-state index in [1.807, 2.05) is 0 Å². The van der Waals surface area contributed by atoms with Gasteiger partial charge in [0, 0.05) is 18.6 Å². The Morgan fingerprint density at radius 3 is 2.20 bits per heavy atom. The molecule has 0 aromatic heterocycles. The molecule has 2 heteroatoms. The van der Waals surface area contributed by atoms with Crippen LogP contribution in [0.25, 0.3) is 0 Å². The lowest BCUT2D eigenvalue weighted by Gasteiger charge is -2.28. The van der Waals surface area contributed by atoms with Crippen LogP contribution in [0.2, 0.25) is 0 Å². The van der Waals surface area contributed by atoms with Crippen LogP contribution in [-0.2, 0) is 0 Å². The van der Waals surface area contributed by atoms with Crippen LogP contribution in [0.1, 0.15) is 46.5 Å². The summed E-state index contributed by atoms with van der Waals surface area (Å²) in [5, 5.41) is 3.67. The second kappa shape index (κ2) is 4.06. The van der Waals surface area contributed by atoms with Gasteiger partial charge in [0.05, 0.1) is 0 Å². The molecule has 1 aliphatic heterocycles. The topological polar surface area (TPSA) is 15.3 Å². The average Bonchev–Trinajstić information content (AvgIpc) is 2.69. The third kappa shape index (κ3) is 3.46. The molecule has 2 nitrogen and oxygen atoms in total. The van der Waals surface area contributed by atoms with Gasteiger partial charge in [-0.15, -0.1) is 0 Å². The molecule has 0 spiro atoms. The standard InChI is InChI=1S/C13H26N2/c1-12(2,3)14-10-13(6-7-13)11-15-8-4-5-9-15/h14H,4-11H2,1-3H3. The molecule has 0 atom stereocenters. The summed E-state index contributed by atoms with van der Waals surface area (Å²) < 4.78 is 0. The van der Waals surface area contributed by atoms with Gasteiger partial charge in [0.2, 0.25) is 0 Å². The molecule has 0 aromatic rings. The molecule has 0 bridgehead atoms. The Balaban J connectivity index is 1.75. The van der Waals surface area contributed by atoms with E-state index in [9.17, 15) is 0 Å². The molecule has 15 heavy (non-hydrogen) atoms. The van der Waals surface area contributed by atoms with Crippen molar-refractivity contribution in [1.82, 2.24) is 10.2 Å². The first-order valence-electron chi connectivity index (χ1n) is 6.47. The van der Waals surface area contributed by atoms with Gasteiger partial charge in [-0.25, -0.2) is 0 Å². The zero-order valence-corrected chi connectivity index (χ0v) is 10.6. The summed E-state index contributed by atoms with van der Waals surface area (Å²) in [6.07, 6.45) is 5.71. The molecule has 0 amide bonds. The highest BCUT2D eigenvalue weighted by molar-refractivity contribution is 4.98. The van der Waals surface area contributed by atoms with Gasteiger partial charge >= 0.3 is 0 Å². The second-order valence-electron chi connectivity index (χ2n) is 6.59. The first kappa shape index (κ1) is 11.4. The molecule has 1 saturated carbocycles. The molecule has 0 radical (unpaired) electrons. The van der Waals surface area contributed by atoms with E-state index in [0.29, 0.717) is 5.41 Å². The lowest BCUT2D eigenvalue weighted by molar-refractivity contribution is 0.243. The Bertz CT molecular complexity index is 207. The summed E-state index contributed by atoms with van der Waals surface area (Å²) in [6.45, 7) is 12.0. The van der Waals surface area contributed by atoms with Gasteiger partial charge in [0.25, 0.3) is 0 Å². The molecule has 0 unspecified atom stereocenters. The van der Waals surface area contributed by atoms with E-state index < -0.39 is 0 Å². The number of hydrogen-bond acceptors (Lipinski definition) is 2. The van der Waals surface area contributed by atoms with Crippen molar-refractivity contribution >= 4 is 0 Å². The Morgan fingerprint density at radius 2 is 1.73 bits per heavy atom. The normalized spacial score (nSPS) is 25.8. The van der Waals surface area contributed by atoms with Crippen LogP contribution in [0.5, 0.6) is 0 Å². The summed E-state index contributed by atoms with van der Waals surface area (Å²) in [6, 6.07) is 0. The van der Waals surface area contributed by atoms with Gasteiger partial charge in [0.1, 0.15) is 0 Å². The fourth-order valence-electron chi connectivity index (χ4n) is 2.44. The smallest absolute Gasteiger partial charge is 0.00967 e. The van der Waals surface area contributed by atoms with Crippen LogP contribution in [0.15, 0.2) is 0 Å². The maximum absolute atomic E-state index is 3.67. The van der Waals surface area contributed by atoms with Crippen molar-refractivity contribution in [3.05, 3.63) is 0 Å². The number of rotatable bonds is 4. The summed E-state index contributed by atoms with van der Waals surface area (Å²) in [5.41, 5.74) is 0.915. The van der Waals surface area contributed by atoms with Crippen LogP contribution in [0.4, 0.5) is 0 Å². The highest BCUT2D eigenvalue weighted by Gasteiger charge is 2.44. The molecule has 2 rings (SSSR count). The van der Waals surface area contributed by atoms with E-state index in [0.717, 1.165) is 0 Å². The van der Waals surface area contributed by atoms with Gasteiger partial charge in [-0.3, -0.25) is 0 Å². The van der Waals surface area contributed by atoms with Crippen molar-refractivity contribution in [2.75, 3.05) is 26.2 Å². The number of hydrogen-bond donors (Lipinski definition) is 1. The monoisotopic (exact) mass is 210 g/mol. The SMILES string of the molecule is CC(C)(C)NCC1(CN2CCCC2)CC1. The molecule has 1 aliphatic carbocycles. The van der Waals surface area contributed by atoms with Crippen molar-refractivity contribution in [2.45, 2.75) is 52.0 Å². The Morgan fingerprint density at radius 1 is 1.13 bits per heavy atom. The minimum atomic E-state index is 0.278. The van der Waals surface area contributed by atoms with E-state index in [1.54, 1.807) is 0 Å². The largest absolute Gasteiger partial charge is 0.311 e. The fourth-order valence-corrected chi connectivity index (χ4v) is 2.44. The first-order chi connectivity index (χ1) is 6.99. The van der Waals surface area contributed by atoms with E-state index in [4.69, 9.17) is 0 Å². The molecule has 88 valence electrons. The lowest BCUT2D eigenvalue weighted by Crippen LogP contribution is -2.42. The number of nitrogens with zero attached hydrogens (tertiary/aromatic N) is 1. The maximum atomic E-state index is 3.67. The minimum absolute atomic E-state index is 0.278. The van der Waals surface area contributed by atoms with Crippen molar-refractivity contribution in [1.29, 1.82) is 0 Å². The average molecular weight is 210 g/mol. The van der Waals surface area contributed by atoms with Crippen LogP contribution in [-0.4, -0.2) is 36.6 Å². The number of likely N-dealkylation sites (tertiary alicyclic amines) is 1. The molecule has 2 aliphatic rings. The molecule has 0 aromatic carbocycles. The molecular formula is C13H26N2. The highest BCUT2D eigenvalue weighted by Crippen LogP contribution is 2.46. The van der Waals surface area contributed by atoms with Gasteiger partial charge in [0.15, 0.2) is 0 Å². The van der Waals surface area contributed by atoms with E-state index in [1.165, 1.54) is 51.9 Å². The number of nitrogens with one attached hydrogen (secondary N) is 1. The molecule has 2 fully saturated rings. The summed E-state index contributed by atoms with van der Waals surface area (Å²) >= 11 is 0. The molecular weight excluding hydrogens is 184 g/mol. The summed E-state index contributed by atoms with van der Waals surface area (Å²) in [4.78, 5) is 2.66. The van der Waals surface area contributed by atoms with Crippen LogP contribution < -0.4 is 5.32 Å². The van der Waals surface area contributed by atoms with Gasteiger partial charge in [-0.05, 0) is 65.0 Å². The zero-order valence-electron chi connectivity index (χ0n) is 10.6. The summed E-state index contributed by atoms with van der Waals surface area (Å²) in [5.74, 6) is 0. The third-order valence-electron chi connectivity index (χ3n) is 3.71. The van der Waals surface area contributed by atoms with Gasteiger partial charge in [-0.2, -0.15) is 0 Å². The van der Waals surface area contributed by atoms with Crippen LogP contribution >= 0.6 is 0 Å². The highest BCUT2D eigenvalue weighted by atomic mass is 15.2. The van der Waals surface area contributed by atoms with Crippen molar-refractivity contribution in [2.24, 2.45) is 5.41 Å². The van der Waals surface area contributed by atoms with Gasteiger partial charge in [-0.1, -0.05) is 0 Å².